The molecule has 2 aromatic heterocycles. The summed E-state index contributed by atoms with van der Waals surface area (Å²) in [7, 11) is 0. The Kier molecular flexibility index (Phi) is 4.07. The molecule has 2 heterocycles. The second-order valence-corrected chi connectivity index (χ2v) is 5.64. The van der Waals surface area contributed by atoms with E-state index in [1.165, 1.54) is 0 Å². The number of H-pyrrole nitrogens is 1. The normalized spacial score (nSPS) is 10.4. The van der Waals surface area contributed by atoms with Crippen molar-refractivity contribution in [2.75, 3.05) is 0 Å². The third kappa shape index (κ3) is 2.87. The number of nitrogens with one attached hydrogen (secondary N) is 1. The summed E-state index contributed by atoms with van der Waals surface area (Å²) in [5.41, 5.74) is 9.44. The summed E-state index contributed by atoms with van der Waals surface area (Å²) in [4.78, 5) is 23.3. The molecule has 3 N–H and O–H groups in total. The van der Waals surface area contributed by atoms with Gasteiger partial charge >= 0.3 is 0 Å². The summed E-state index contributed by atoms with van der Waals surface area (Å²) in [6, 6.07) is 8.81. The van der Waals surface area contributed by atoms with Crippen molar-refractivity contribution in [1.82, 2.24) is 15.0 Å². The first-order valence-corrected chi connectivity index (χ1v) is 7.46. The zero-order chi connectivity index (χ0) is 17.3. The number of aryl methyl sites for hydroxylation is 1. The van der Waals surface area contributed by atoms with Crippen LogP contribution in [0.2, 0.25) is 5.02 Å². The van der Waals surface area contributed by atoms with Crippen molar-refractivity contribution in [3.05, 3.63) is 58.5 Å². The van der Waals surface area contributed by atoms with E-state index in [0.717, 1.165) is 11.1 Å². The molecule has 0 bridgehead atoms. The number of terminal acetylenes is 1. The number of halogens is 1. The quantitative estimate of drug-likeness (QED) is 0.720. The number of nitrogens with two attached hydrogens (primary N) is 1. The molecule has 0 spiro atoms. The maximum Gasteiger partial charge on any atom is 0.250 e. The van der Waals surface area contributed by atoms with Gasteiger partial charge in [-0.1, -0.05) is 17.7 Å². The number of rotatable bonds is 3. The van der Waals surface area contributed by atoms with E-state index < -0.39 is 5.91 Å². The lowest BCUT2D eigenvalue weighted by Crippen LogP contribution is -2.11. The van der Waals surface area contributed by atoms with Crippen LogP contribution in [0.15, 0.2) is 36.5 Å². The summed E-state index contributed by atoms with van der Waals surface area (Å²) in [5.74, 6) is 2.11. The number of benzene rings is 1. The average molecular weight is 337 g/mol. The van der Waals surface area contributed by atoms with E-state index in [2.05, 4.69) is 20.9 Å². The lowest BCUT2D eigenvalue weighted by molar-refractivity contribution is 0.100. The predicted octanol–water partition coefficient (Wildman–Crippen LogP) is 3.18. The Morgan fingerprint density at radius 1 is 1.33 bits per heavy atom. The molecule has 0 unspecified atom stereocenters. The van der Waals surface area contributed by atoms with E-state index >= 15 is 0 Å². The molecule has 0 atom stereocenters. The Morgan fingerprint density at radius 2 is 2.12 bits per heavy atom. The molecule has 1 amide bonds. The van der Waals surface area contributed by atoms with Gasteiger partial charge in [-0.15, -0.1) is 6.42 Å². The molecule has 0 aliphatic heterocycles. The van der Waals surface area contributed by atoms with Crippen molar-refractivity contribution >= 4 is 17.5 Å². The van der Waals surface area contributed by atoms with Gasteiger partial charge in [0.2, 0.25) is 5.82 Å². The molecule has 0 saturated heterocycles. The van der Waals surface area contributed by atoms with Crippen molar-refractivity contribution in [2.45, 2.75) is 6.92 Å². The summed E-state index contributed by atoms with van der Waals surface area (Å²) in [6.45, 7) is 1.93. The van der Waals surface area contributed by atoms with Gasteiger partial charge in [-0.05, 0) is 42.7 Å². The van der Waals surface area contributed by atoms with Gasteiger partial charge < -0.3 is 10.7 Å². The van der Waals surface area contributed by atoms with Crippen LogP contribution in [-0.4, -0.2) is 20.9 Å². The topological polar surface area (TPSA) is 84.7 Å². The van der Waals surface area contributed by atoms with Gasteiger partial charge in [-0.2, -0.15) is 0 Å². The predicted molar refractivity (Wildman–Crippen MR) is 93.5 cm³/mol. The standard InChI is InChI=1S/C18H13ClN4O/c1-3-16-21-7-6-14(22-16)15-9-13(18(20)24)17(23-15)12-8-11(19)5-4-10(12)2/h1,4-9,23H,2H3,(H2,20,24). The number of aromatic nitrogens is 3. The van der Waals surface area contributed by atoms with Crippen LogP contribution < -0.4 is 5.73 Å². The first kappa shape index (κ1) is 15.8. The van der Waals surface area contributed by atoms with Crippen LogP contribution in [0.5, 0.6) is 0 Å². The fourth-order valence-corrected chi connectivity index (χ4v) is 2.61. The number of amides is 1. The number of carbonyl (C=O) groups excluding carboxylic acids is 1. The molecule has 3 aromatic rings. The molecule has 5 nitrogen and oxygen atoms in total. The minimum atomic E-state index is -0.543. The maximum atomic E-state index is 11.9. The van der Waals surface area contributed by atoms with Crippen molar-refractivity contribution < 1.29 is 4.79 Å². The fraction of sp³-hybridized carbons (Fsp3) is 0.0556. The van der Waals surface area contributed by atoms with Crippen LogP contribution in [0.25, 0.3) is 22.6 Å². The Morgan fingerprint density at radius 3 is 2.83 bits per heavy atom. The second-order valence-electron chi connectivity index (χ2n) is 5.21. The highest BCUT2D eigenvalue weighted by Gasteiger charge is 2.18. The minimum absolute atomic E-state index is 0.267. The molecule has 24 heavy (non-hydrogen) atoms. The number of nitrogens with zero attached hydrogens (tertiary/aromatic N) is 2. The lowest BCUT2D eigenvalue weighted by Gasteiger charge is -2.06. The lowest BCUT2D eigenvalue weighted by atomic mass is 10.0. The van der Waals surface area contributed by atoms with Gasteiger partial charge in [-0.25, -0.2) is 9.97 Å². The number of aromatic amines is 1. The van der Waals surface area contributed by atoms with E-state index in [-0.39, 0.29) is 5.82 Å². The van der Waals surface area contributed by atoms with Gasteiger partial charge in [-0.3, -0.25) is 4.79 Å². The van der Waals surface area contributed by atoms with Crippen LogP contribution in [0.1, 0.15) is 21.7 Å². The molecular weight excluding hydrogens is 324 g/mol. The molecule has 1 aromatic carbocycles. The molecule has 0 fully saturated rings. The average Bonchev–Trinajstić information content (AvgIpc) is 3.02. The highest BCUT2D eigenvalue weighted by atomic mass is 35.5. The number of hydrogen-bond donors (Lipinski definition) is 2. The number of carbonyl (C=O) groups is 1. The minimum Gasteiger partial charge on any atom is -0.366 e. The molecule has 0 aliphatic rings. The highest BCUT2D eigenvalue weighted by Crippen LogP contribution is 2.31. The van der Waals surface area contributed by atoms with Crippen LogP contribution in [-0.2, 0) is 0 Å². The van der Waals surface area contributed by atoms with Gasteiger partial charge in [0.25, 0.3) is 5.91 Å². The van der Waals surface area contributed by atoms with E-state index in [1.807, 2.05) is 13.0 Å². The number of hydrogen-bond acceptors (Lipinski definition) is 3. The molecule has 6 heteroatoms. The third-order valence-corrected chi connectivity index (χ3v) is 3.85. The molecule has 0 saturated carbocycles. The molecule has 118 valence electrons. The monoisotopic (exact) mass is 336 g/mol. The second kappa shape index (κ2) is 6.19. The van der Waals surface area contributed by atoms with Gasteiger partial charge in [0.15, 0.2) is 0 Å². The van der Waals surface area contributed by atoms with Gasteiger partial charge in [0.1, 0.15) is 0 Å². The van der Waals surface area contributed by atoms with Crippen molar-refractivity contribution in [3.63, 3.8) is 0 Å². The Balaban J connectivity index is 2.21. The van der Waals surface area contributed by atoms with Crippen LogP contribution in [0.3, 0.4) is 0 Å². The Hall–Kier alpha value is -3.10. The van der Waals surface area contributed by atoms with E-state index in [0.29, 0.717) is 27.7 Å². The first-order valence-electron chi connectivity index (χ1n) is 7.09. The zero-order valence-corrected chi connectivity index (χ0v) is 13.6. The largest absolute Gasteiger partial charge is 0.366 e. The third-order valence-electron chi connectivity index (χ3n) is 3.61. The van der Waals surface area contributed by atoms with Crippen molar-refractivity contribution in [1.29, 1.82) is 0 Å². The summed E-state index contributed by atoms with van der Waals surface area (Å²) < 4.78 is 0. The zero-order valence-electron chi connectivity index (χ0n) is 12.8. The maximum absolute atomic E-state index is 11.9. The van der Waals surface area contributed by atoms with E-state index in [9.17, 15) is 4.79 Å². The SMILES string of the molecule is C#Cc1nccc(-c2cc(C(N)=O)c(-c3cc(Cl)ccc3C)[nH]2)n1. The summed E-state index contributed by atoms with van der Waals surface area (Å²) in [6.07, 6.45) is 6.90. The highest BCUT2D eigenvalue weighted by molar-refractivity contribution is 6.31. The van der Waals surface area contributed by atoms with Crippen molar-refractivity contribution in [2.24, 2.45) is 5.73 Å². The fourth-order valence-electron chi connectivity index (χ4n) is 2.44. The van der Waals surface area contributed by atoms with Crippen LogP contribution >= 0.6 is 11.6 Å². The summed E-state index contributed by atoms with van der Waals surface area (Å²) in [5, 5.41) is 0.568. The molecule has 3 rings (SSSR count). The van der Waals surface area contributed by atoms with Gasteiger partial charge in [0, 0.05) is 16.8 Å². The van der Waals surface area contributed by atoms with Crippen molar-refractivity contribution in [3.8, 4) is 35.0 Å². The van der Waals surface area contributed by atoms with Crippen LogP contribution in [0, 0.1) is 19.3 Å². The molecular formula is C18H13ClN4O. The Labute approximate surface area is 143 Å². The summed E-state index contributed by atoms with van der Waals surface area (Å²) >= 11 is 6.09. The van der Waals surface area contributed by atoms with Gasteiger partial charge in [0.05, 0.1) is 22.6 Å². The first-order chi connectivity index (χ1) is 11.5. The number of primary amides is 1. The molecule has 0 radical (unpaired) electrons. The Bertz CT molecular complexity index is 985. The molecule has 0 aliphatic carbocycles. The smallest absolute Gasteiger partial charge is 0.250 e. The van der Waals surface area contributed by atoms with E-state index in [4.69, 9.17) is 23.8 Å². The van der Waals surface area contributed by atoms with E-state index in [1.54, 1.807) is 30.5 Å². The van der Waals surface area contributed by atoms with Crippen LogP contribution in [0.4, 0.5) is 0 Å².